The van der Waals surface area contributed by atoms with Gasteiger partial charge in [-0.1, -0.05) is 0 Å². The minimum absolute atomic E-state index is 0.0526. The average molecular weight is 237 g/mol. The zero-order valence-electron chi connectivity index (χ0n) is 11.0. The van der Waals surface area contributed by atoms with Gasteiger partial charge in [0.2, 0.25) is 0 Å². The van der Waals surface area contributed by atoms with Gasteiger partial charge in [0.25, 0.3) is 0 Å². The van der Waals surface area contributed by atoms with Crippen LogP contribution < -0.4 is 5.73 Å². The van der Waals surface area contributed by atoms with Gasteiger partial charge in [-0.3, -0.25) is 4.68 Å². The highest BCUT2D eigenvalue weighted by Gasteiger charge is 2.42. The molecule has 17 heavy (non-hydrogen) atoms. The molecule has 0 amide bonds. The van der Waals surface area contributed by atoms with Crippen LogP contribution in [0.3, 0.4) is 0 Å². The van der Waals surface area contributed by atoms with Crippen molar-refractivity contribution in [1.29, 1.82) is 0 Å². The SMILES string of the molecule is COC1(C(N)Cc2ccn(C(C)C)n2)CCC1. The average Bonchev–Trinajstić information content (AvgIpc) is 2.65. The van der Waals surface area contributed by atoms with Crippen molar-refractivity contribution in [2.24, 2.45) is 5.73 Å². The van der Waals surface area contributed by atoms with E-state index in [1.165, 1.54) is 6.42 Å². The van der Waals surface area contributed by atoms with Gasteiger partial charge in [-0.15, -0.1) is 0 Å². The molecule has 1 unspecified atom stereocenters. The van der Waals surface area contributed by atoms with Gasteiger partial charge in [0.05, 0.1) is 11.3 Å². The van der Waals surface area contributed by atoms with E-state index in [1.54, 1.807) is 7.11 Å². The standard InChI is InChI=1S/C13H23N3O/c1-10(2)16-8-5-11(15-16)9-12(14)13(17-3)6-4-7-13/h5,8,10,12H,4,6-7,9,14H2,1-3H3. The Balaban J connectivity index is 2.00. The smallest absolute Gasteiger partial charge is 0.0832 e. The van der Waals surface area contributed by atoms with Crippen molar-refractivity contribution in [3.63, 3.8) is 0 Å². The number of methoxy groups -OCH3 is 1. The summed E-state index contributed by atoms with van der Waals surface area (Å²) < 4.78 is 7.58. The van der Waals surface area contributed by atoms with Gasteiger partial charge < -0.3 is 10.5 Å². The topological polar surface area (TPSA) is 53.1 Å². The molecule has 96 valence electrons. The highest BCUT2D eigenvalue weighted by atomic mass is 16.5. The lowest BCUT2D eigenvalue weighted by molar-refractivity contribution is -0.0898. The predicted molar refractivity (Wildman–Crippen MR) is 67.9 cm³/mol. The summed E-state index contributed by atoms with van der Waals surface area (Å²) in [5.41, 5.74) is 7.24. The van der Waals surface area contributed by atoms with Crippen molar-refractivity contribution in [2.75, 3.05) is 7.11 Å². The van der Waals surface area contributed by atoms with E-state index in [4.69, 9.17) is 10.5 Å². The molecule has 1 aliphatic rings. The molecule has 0 radical (unpaired) electrons. The molecule has 1 atom stereocenters. The summed E-state index contributed by atoms with van der Waals surface area (Å²) in [7, 11) is 1.77. The zero-order chi connectivity index (χ0) is 12.5. The van der Waals surface area contributed by atoms with Gasteiger partial charge in [-0.2, -0.15) is 5.10 Å². The molecule has 0 aliphatic heterocycles. The fourth-order valence-corrected chi connectivity index (χ4v) is 2.44. The third-order valence-electron chi connectivity index (χ3n) is 3.90. The van der Waals surface area contributed by atoms with Crippen LogP contribution in [-0.4, -0.2) is 28.5 Å². The quantitative estimate of drug-likeness (QED) is 0.851. The monoisotopic (exact) mass is 237 g/mol. The second-order valence-electron chi connectivity index (χ2n) is 5.31. The minimum atomic E-state index is -0.0956. The van der Waals surface area contributed by atoms with Crippen LogP contribution in [0.15, 0.2) is 12.3 Å². The molecule has 1 fully saturated rings. The van der Waals surface area contributed by atoms with Crippen LogP contribution in [0.25, 0.3) is 0 Å². The van der Waals surface area contributed by atoms with E-state index in [2.05, 4.69) is 25.0 Å². The van der Waals surface area contributed by atoms with Crippen LogP contribution in [0, 0.1) is 0 Å². The van der Waals surface area contributed by atoms with Gasteiger partial charge in [-0.25, -0.2) is 0 Å². The second kappa shape index (κ2) is 4.78. The molecule has 0 saturated heterocycles. The number of ether oxygens (including phenoxy) is 1. The molecule has 0 bridgehead atoms. The van der Waals surface area contributed by atoms with E-state index in [-0.39, 0.29) is 11.6 Å². The number of aromatic nitrogens is 2. The van der Waals surface area contributed by atoms with Crippen molar-refractivity contribution in [2.45, 2.75) is 57.2 Å². The number of hydrogen-bond donors (Lipinski definition) is 1. The normalized spacial score (nSPS) is 20.3. The molecule has 1 aliphatic carbocycles. The molecule has 1 heterocycles. The molecule has 1 aromatic rings. The summed E-state index contributed by atoms with van der Waals surface area (Å²) in [5, 5.41) is 4.54. The van der Waals surface area contributed by atoms with Crippen LogP contribution in [0.1, 0.15) is 44.8 Å². The minimum Gasteiger partial charge on any atom is -0.377 e. The molecule has 0 aromatic carbocycles. The third kappa shape index (κ3) is 2.38. The summed E-state index contributed by atoms with van der Waals surface area (Å²) in [4.78, 5) is 0. The Hall–Kier alpha value is -0.870. The highest BCUT2D eigenvalue weighted by molar-refractivity contribution is 5.08. The van der Waals surface area contributed by atoms with E-state index in [0.717, 1.165) is 25.0 Å². The van der Waals surface area contributed by atoms with Gasteiger partial charge in [-0.05, 0) is 39.2 Å². The maximum atomic E-state index is 6.27. The Kier molecular flexibility index (Phi) is 3.54. The molecule has 2 rings (SSSR count). The molecule has 4 nitrogen and oxygen atoms in total. The first-order chi connectivity index (χ1) is 8.07. The molecular weight excluding hydrogens is 214 g/mol. The number of rotatable bonds is 5. The lowest BCUT2D eigenvalue weighted by atomic mass is 9.73. The Labute approximate surface area is 103 Å². The Morgan fingerprint density at radius 1 is 1.53 bits per heavy atom. The third-order valence-corrected chi connectivity index (χ3v) is 3.90. The van der Waals surface area contributed by atoms with Crippen LogP contribution >= 0.6 is 0 Å². The van der Waals surface area contributed by atoms with Crippen molar-refractivity contribution >= 4 is 0 Å². The highest BCUT2D eigenvalue weighted by Crippen LogP contribution is 2.38. The van der Waals surface area contributed by atoms with Crippen LogP contribution in [-0.2, 0) is 11.2 Å². The number of nitrogens with zero attached hydrogens (tertiary/aromatic N) is 2. The van der Waals surface area contributed by atoms with Crippen molar-refractivity contribution in [3.05, 3.63) is 18.0 Å². The van der Waals surface area contributed by atoms with E-state index in [0.29, 0.717) is 6.04 Å². The number of nitrogens with two attached hydrogens (primary N) is 1. The van der Waals surface area contributed by atoms with Crippen LogP contribution in [0.2, 0.25) is 0 Å². The van der Waals surface area contributed by atoms with Gasteiger partial charge in [0.1, 0.15) is 0 Å². The van der Waals surface area contributed by atoms with Crippen LogP contribution in [0.4, 0.5) is 0 Å². The summed E-state index contributed by atoms with van der Waals surface area (Å²) in [6.07, 6.45) is 6.20. The molecule has 2 N–H and O–H groups in total. The van der Waals surface area contributed by atoms with E-state index < -0.39 is 0 Å². The fourth-order valence-electron chi connectivity index (χ4n) is 2.44. The summed E-state index contributed by atoms with van der Waals surface area (Å²) in [6, 6.07) is 2.51. The van der Waals surface area contributed by atoms with Gasteiger partial charge in [0.15, 0.2) is 0 Å². The Morgan fingerprint density at radius 2 is 2.24 bits per heavy atom. The van der Waals surface area contributed by atoms with Gasteiger partial charge >= 0.3 is 0 Å². The molecule has 0 spiro atoms. The molecular formula is C13H23N3O. The Morgan fingerprint density at radius 3 is 2.65 bits per heavy atom. The molecule has 1 saturated carbocycles. The maximum Gasteiger partial charge on any atom is 0.0832 e. The maximum absolute atomic E-state index is 6.27. The summed E-state index contributed by atoms with van der Waals surface area (Å²) >= 11 is 0. The number of hydrogen-bond acceptors (Lipinski definition) is 3. The first-order valence-electron chi connectivity index (χ1n) is 6.42. The van der Waals surface area contributed by atoms with Crippen LogP contribution in [0.5, 0.6) is 0 Å². The second-order valence-corrected chi connectivity index (χ2v) is 5.31. The van der Waals surface area contributed by atoms with Crippen molar-refractivity contribution < 1.29 is 4.74 Å². The first-order valence-corrected chi connectivity index (χ1v) is 6.42. The molecule has 1 aromatic heterocycles. The predicted octanol–water partition coefficient (Wildman–Crippen LogP) is 1.90. The van der Waals surface area contributed by atoms with E-state index in [1.807, 2.05) is 10.9 Å². The van der Waals surface area contributed by atoms with Crippen molar-refractivity contribution in [1.82, 2.24) is 9.78 Å². The van der Waals surface area contributed by atoms with E-state index in [9.17, 15) is 0 Å². The molecule has 4 heteroatoms. The van der Waals surface area contributed by atoms with Crippen molar-refractivity contribution in [3.8, 4) is 0 Å². The largest absolute Gasteiger partial charge is 0.377 e. The van der Waals surface area contributed by atoms with Gasteiger partial charge in [0, 0.05) is 31.8 Å². The summed E-state index contributed by atoms with van der Waals surface area (Å²) in [5.74, 6) is 0. The Bertz CT molecular complexity index is 363. The first kappa shape index (κ1) is 12.6. The zero-order valence-corrected chi connectivity index (χ0v) is 11.0. The fraction of sp³-hybridized carbons (Fsp3) is 0.769. The lowest BCUT2D eigenvalue weighted by Gasteiger charge is -2.44. The summed E-state index contributed by atoms with van der Waals surface area (Å²) in [6.45, 7) is 4.25. The lowest BCUT2D eigenvalue weighted by Crippen LogP contribution is -2.55. The van der Waals surface area contributed by atoms with E-state index >= 15 is 0 Å².